The van der Waals surface area contributed by atoms with Crippen LogP contribution >= 0.6 is 0 Å². The third-order valence-electron chi connectivity index (χ3n) is 6.16. The minimum absolute atomic E-state index is 0.153. The fraction of sp³-hybridized carbons (Fsp3) is 0.429. The Morgan fingerprint density at radius 2 is 2.07 bits per heavy atom. The molecular weight excluding hydrogens is 384 g/mol. The van der Waals surface area contributed by atoms with E-state index in [4.69, 9.17) is 0 Å². The predicted molar refractivity (Wildman–Crippen MR) is 109 cm³/mol. The van der Waals surface area contributed by atoms with E-state index in [0.717, 1.165) is 36.5 Å². The first-order chi connectivity index (χ1) is 14.6. The topological polar surface area (TPSA) is 108 Å². The molecule has 2 atom stereocenters. The number of anilines is 1. The molecule has 0 aliphatic carbocycles. The number of hydrogen-bond acceptors (Lipinski definition) is 6. The molecule has 2 fully saturated rings. The molecule has 1 aromatic heterocycles. The zero-order valence-electron chi connectivity index (χ0n) is 16.6. The van der Waals surface area contributed by atoms with Gasteiger partial charge in [0.25, 0.3) is 5.91 Å². The lowest BCUT2D eigenvalue weighted by Gasteiger charge is -2.29. The van der Waals surface area contributed by atoms with E-state index in [-0.39, 0.29) is 24.1 Å². The van der Waals surface area contributed by atoms with Crippen molar-refractivity contribution >= 4 is 23.5 Å². The van der Waals surface area contributed by atoms with E-state index in [0.29, 0.717) is 31.1 Å². The predicted octanol–water partition coefficient (Wildman–Crippen LogP) is 0.791. The van der Waals surface area contributed by atoms with Crippen LogP contribution in [0.2, 0.25) is 0 Å². The van der Waals surface area contributed by atoms with Crippen molar-refractivity contribution < 1.29 is 14.4 Å². The lowest BCUT2D eigenvalue weighted by Crippen LogP contribution is -2.52. The molecular formula is C21H24N6O3. The molecule has 3 amide bonds. The van der Waals surface area contributed by atoms with Crippen LogP contribution in [0.25, 0.3) is 0 Å². The highest BCUT2D eigenvalue weighted by Gasteiger charge is 2.39. The van der Waals surface area contributed by atoms with Gasteiger partial charge in [-0.2, -0.15) is 5.10 Å². The number of fused-ring (bicyclic) bond motifs is 1. The largest absolute Gasteiger partial charge is 0.365 e. The summed E-state index contributed by atoms with van der Waals surface area (Å²) in [5.74, 6) is -0.0256. The average Bonchev–Trinajstić information content (AvgIpc) is 3.47. The fourth-order valence-corrected chi connectivity index (χ4v) is 4.50. The Bertz CT molecular complexity index is 1010. The number of nitrogens with one attached hydrogen (secondary N) is 3. The first-order valence-corrected chi connectivity index (χ1v) is 10.4. The Morgan fingerprint density at radius 1 is 1.17 bits per heavy atom. The number of aromatic nitrogens is 2. The molecule has 9 nitrogen and oxygen atoms in total. The summed E-state index contributed by atoms with van der Waals surface area (Å²) in [7, 11) is 0. The molecule has 2 aromatic rings. The smallest absolute Gasteiger partial charge is 0.255 e. The third kappa shape index (κ3) is 3.35. The first kappa shape index (κ1) is 18.8. The Morgan fingerprint density at radius 3 is 2.87 bits per heavy atom. The first-order valence-electron chi connectivity index (χ1n) is 10.4. The second-order valence-corrected chi connectivity index (χ2v) is 8.02. The highest BCUT2D eigenvalue weighted by Crippen LogP contribution is 2.30. The van der Waals surface area contributed by atoms with Crippen molar-refractivity contribution in [1.82, 2.24) is 25.3 Å². The van der Waals surface area contributed by atoms with Crippen LogP contribution in [0.5, 0.6) is 0 Å². The normalized spacial score (nSPS) is 23.6. The minimum Gasteiger partial charge on any atom is -0.365 e. The number of imide groups is 1. The maximum atomic E-state index is 12.9. The summed E-state index contributed by atoms with van der Waals surface area (Å²) in [6, 6.07) is 7.41. The number of carbonyl (C=O) groups is 3. The van der Waals surface area contributed by atoms with Gasteiger partial charge in [-0.25, -0.2) is 0 Å². The Hall–Kier alpha value is -3.20. The summed E-state index contributed by atoms with van der Waals surface area (Å²) in [5.41, 5.74) is 2.56. The van der Waals surface area contributed by atoms with Gasteiger partial charge in [0.05, 0.1) is 6.04 Å². The SMILES string of the molecule is O=C1CCC(N2Cc3c(CNc4ccn(C5CCNC5)n4)cccc3C2=O)C(=O)N1. The number of hydrogen-bond donors (Lipinski definition) is 3. The van der Waals surface area contributed by atoms with Crippen LogP contribution < -0.4 is 16.0 Å². The van der Waals surface area contributed by atoms with Crippen LogP contribution in [-0.4, -0.2) is 51.5 Å². The summed E-state index contributed by atoms with van der Waals surface area (Å²) in [6.07, 6.45) is 3.69. The van der Waals surface area contributed by atoms with Crippen molar-refractivity contribution in [1.29, 1.82) is 0 Å². The van der Waals surface area contributed by atoms with Crippen LogP contribution in [0.1, 0.15) is 46.8 Å². The van der Waals surface area contributed by atoms with Crippen LogP contribution in [0.4, 0.5) is 5.82 Å². The highest BCUT2D eigenvalue weighted by atomic mass is 16.2. The quantitative estimate of drug-likeness (QED) is 0.632. The number of piperidine rings is 1. The second-order valence-electron chi connectivity index (χ2n) is 8.02. The lowest BCUT2D eigenvalue weighted by atomic mass is 10.0. The summed E-state index contributed by atoms with van der Waals surface area (Å²) in [4.78, 5) is 38.2. The number of nitrogens with zero attached hydrogens (tertiary/aromatic N) is 3. The van der Waals surface area contributed by atoms with Gasteiger partial charge in [-0.1, -0.05) is 12.1 Å². The van der Waals surface area contributed by atoms with E-state index >= 15 is 0 Å². The van der Waals surface area contributed by atoms with Crippen molar-refractivity contribution in [2.75, 3.05) is 18.4 Å². The Kier molecular flexibility index (Phi) is 4.74. The molecule has 9 heteroatoms. The van der Waals surface area contributed by atoms with E-state index in [1.165, 1.54) is 0 Å². The minimum atomic E-state index is -0.598. The van der Waals surface area contributed by atoms with Crippen LogP contribution in [0.3, 0.4) is 0 Å². The van der Waals surface area contributed by atoms with Gasteiger partial charge in [-0.05, 0) is 36.6 Å². The van der Waals surface area contributed by atoms with E-state index in [2.05, 4.69) is 21.0 Å². The zero-order valence-corrected chi connectivity index (χ0v) is 16.6. The molecule has 156 valence electrons. The molecule has 4 heterocycles. The van der Waals surface area contributed by atoms with Gasteiger partial charge in [0.15, 0.2) is 0 Å². The van der Waals surface area contributed by atoms with Gasteiger partial charge in [0, 0.05) is 43.9 Å². The highest BCUT2D eigenvalue weighted by molar-refractivity contribution is 6.05. The number of benzene rings is 1. The summed E-state index contributed by atoms with van der Waals surface area (Å²) in [5, 5.41) is 13.7. The van der Waals surface area contributed by atoms with Crippen LogP contribution in [0, 0.1) is 0 Å². The fourth-order valence-electron chi connectivity index (χ4n) is 4.50. The summed E-state index contributed by atoms with van der Waals surface area (Å²) < 4.78 is 1.99. The van der Waals surface area contributed by atoms with Crippen molar-refractivity contribution in [3.63, 3.8) is 0 Å². The Labute approximate surface area is 173 Å². The van der Waals surface area contributed by atoms with E-state index in [1.54, 1.807) is 11.0 Å². The van der Waals surface area contributed by atoms with Gasteiger partial charge in [-0.3, -0.25) is 24.4 Å². The van der Waals surface area contributed by atoms with E-state index < -0.39 is 6.04 Å². The average molecular weight is 408 g/mol. The van der Waals surface area contributed by atoms with Crippen molar-refractivity contribution in [3.8, 4) is 0 Å². The van der Waals surface area contributed by atoms with Crippen molar-refractivity contribution in [2.45, 2.75) is 44.4 Å². The molecule has 3 N–H and O–H groups in total. The lowest BCUT2D eigenvalue weighted by molar-refractivity contribution is -0.136. The maximum absolute atomic E-state index is 12.9. The van der Waals surface area contributed by atoms with Gasteiger partial charge < -0.3 is 15.5 Å². The van der Waals surface area contributed by atoms with Gasteiger partial charge >= 0.3 is 0 Å². The molecule has 0 spiro atoms. The van der Waals surface area contributed by atoms with Gasteiger partial charge in [0.1, 0.15) is 11.9 Å². The zero-order chi connectivity index (χ0) is 20.7. The summed E-state index contributed by atoms with van der Waals surface area (Å²) >= 11 is 0. The van der Waals surface area contributed by atoms with Crippen LogP contribution in [0.15, 0.2) is 30.5 Å². The molecule has 0 bridgehead atoms. The molecule has 0 saturated carbocycles. The molecule has 5 rings (SSSR count). The second kappa shape index (κ2) is 7.56. The number of amides is 3. The molecule has 30 heavy (non-hydrogen) atoms. The maximum Gasteiger partial charge on any atom is 0.255 e. The Balaban J connectivity index is 1.30. The van der Waals surface area contributed by atoms with Gasteiger partial charge in [-0.15, -0.1) is 0 Å². The number of rotatable bonds is 5. The van der Waals surface area contributed by atoms with E-state index in [9.17, 15) is 14.4 Å². The molecule has 2 saturated heterocycles. The molecule has 0 radical (unpaired) electrons. The molecule has 1 aromatic carbocycles. The van der Waals surface area contributed by atoms with Crippen LogP contribution in [-0.2, 0) is 22.7 Å². The summed E-state index contributed by atoms with van der Waals surface area (Å²) in [6.45, 7) is 2.87. The van der Waals surface area contributed by atoms with E-state index in [1.807, 2.05) is 29.1 Å². The van der Waals surface area contributed by atoms with Crippen molar-refractivity contribution in [2.24, 2.45) is 0 Å². The monoisotopic (exact) mass is 408 g/mol. The number of carbonyl (C=O) groups excluding carboxylic acids is 3. The standard InChI is InChI=1S/C21H24N6O3/c28-19-5-4-17(20(29)24-19)26-12-16-13(2-1-3-15(16)21(26)30)10-23-18-7-9-27(25-18)14-6-8-22-11-14/h1-3,7,9,14,17,22H,4-6,8,10-12H2,(H,23,25)(H,24,28,29). The molecule has 3 aliphatic rings. The molecule has 3 aliphatic heterocycles. The third-order valence-corrected chi connectivity index (χ3v) is 6.16. The van der Waals surface area contributed by atoms with Crippen molar-refractivity contribution in [3.05, 3.63) is 47.2 Å². The molecule has 2 unspecified atom stereocenters. The van der Waals surface area contributed by atoms with Gasteiger partial charge in [0.2, 0.25) is 11.8 Å².